The van der Waals surface area contributed by atoms with Crippen LogP contribution >= 0.6 is 46.4 Å². The number of alkyl halides is 2. The third-order valence-electron chi connectivity index (χ3n) is 6.67. The van der Waals surface area contributed by atoms with E-state index in [4.69, 9.17) is 55.9 Å². The quantitative estimate of drug-likeness (QED) is 0.533. The molecule has 0 amide bonds. The van der Waals surface area contributed by atoms with E-state index in [9.17, 15) is 14.7 Å². The van der Waals surface area contributed by atoms with Gasteiger partial charge in [-0.3, -0.25) is 9.59 Å². The molecule has 0 saturated heterocycles. The third kappa shape index (κ3) is 1.66. The average molecular weight is 446 g/mol. The van der Waals surface area contributed by atoms with E-state index in [0.29, 0.717) is 0 Å². The molecule has 0 aromatic rings. The molecule has 0 aromatic heterocycles. The Bertz CT molecular complexity index is 747. The number of Topliss-reactive ketones (excluding diaryl/α,β-unsaturated/α-hetero) is 2. The van der Waals surface area contributed by atoms with Gasteiger partial charge in [-0.05, 0) is 12.8 Å². The van der Waals surface area contributed by atoms with Crippen LogP contribution in [0, 0.1) is 17.3 Å². The molecule has 146 valence electrons. The molecular weight excluding hydrogens is 426 g/mol. The van der Waals surface area contributed by atoms with Crippen molar-refractivity contribution in [3.63, 3.8) is 0 Å². The first-order valence-corrected chi connectivity index (χ1v) is 9.64. The van der Waals surface area contributed by atoms with Gasteiger partial charge in [-0.2, -0.15) is 0 Å². The number of rotatable bonds is 3. The molecule has 9 heteroatoms. The van der Waals surface area contributed by atoms with E-state index in [1.807, 2.05) is 0 Å². The van der Waals surface area contributed by atoms with Crippen LogP contribution in [0.1, 0.15) is 27.2 Å². The first-order chi connectivity index (χ1) is 11.8. The predicted octanol–water partition coefficient (Wildman–Crippen LogP) is 3.20. The Hall–Kier alpha value is 0.120. The minimum absolute atomic E-state index is 0.0885. The number of aliphatic hydroxyl groups is 1. The molecule has 3 rings (SSSR count). The van der Waals surface area contributed by atoms with Crippen LogP contribution in [0.25, 0.3) is 0 Å². The highest BCUT2D eigenvalue weighted by Gasteiger charge is 2.92. The Morgan fingerprint density at radius 3 is 2.04 bits per heavy atom. The van der Waals surface area contributed by atoms with Gasteiger partial charge in [0, 0.05) is 20.6 Å². The van der Waals surface area contributed by atoms with Crippen LogP contribution in [-0.2, 0) is 19.1 Å². The van der Waals surface area contributed by atoms with Crippen molar-refractivity contribution >= 4 is 58.0 Å². The molecule has 2 bridgehead atoms. The lowest BCUT2D eigenvalue weighted by molar-refractivity contribution is -0.222. The van der Waals surface area contributed by atoms with Gasteiger partial charge in [-0.15, -0.1) is 23.2 Å². The summed E-state index contributed by atoms with van der Waals surface area (Å²) in [6.07, 6.45) is -0.400. The van der Waals surface area contributed by atoms with Crippen molar-refractivity contribution in [2.45, 2.75) is 48.3 Å². The highest BCUT2D eigenvalue weighted by atomic mass is 35.5. The first kappa shape index (κ1) is 20.8. The number of ether oxygens (including phenoxy) is 2. The largest absolute Gasteiger partial charge is 0.381 e. The number of hydrogen-bond donors (Lipinski definition) is 1. The maximum atomic E-state index is 13.4. The molecule has 0 heterocycles. The summed E-state index contributed by atoms with van der Waals surface area (Å²) in [5.41, 5.74) is -3.46. The van der Waals surface area contributed by atoms with Crippen LogP contribution in [0.3, 0.4) is 0 Å². The third-order valence-corrected chi connectivity index (χ3v) is 9.40. The summed E-state index contributed by atoms with van der Waals surface area (Å²) >= 11 is 26.7. The second-order valence-corrected chi connectivity index (χ2v) is 9.62. The Kier molecular flexibility index (Phi) is 4.48. The second-order valence-electron chi connectivity index (χ2n) is 7.70. The molecule has 0 radical (unpaired) electrons. The topological polar surface area (TPSA) is 72.8 Å². The zero-order valence-corrected chi connectivity index (χ0v) is 18.0. The van der Waals surface area contributed by atoms with E-state index in [-0.39, 0.29) is 10.1 Å². The number of halogens is 4. The first-order valence-electron chi connectivity index (χ1n) is 8.13. The normalized spacial score (nSPS) is 47.1. The minimum Gasteiger partial charge on any atom is -0.381 e. The number of methoxy groups -OCH3 is 2. The molecule has 1 N–H and O–H groups in total. The number of hydrogen-bond acceptors (Lipinski definition) is 5. The van der Waals surface area contributed by atoms with E-state index in [2.05, 4.69) is 0 Å². The van der Waals surface area contributed by atoms with Crippen molar-refractivity contribution in [1.29, 1.82) is 0 Å². The zero-order chi connectivity index (χ0) is 20.1. The molecule has 5 atom stereocenters. The molecule has 0 aliphatic heterocycles. The highest BCUT2D eigenvalue weighted by molar-refractivity contribution is 6.53. The molecule has 2 saturated carbocycles. The van der Waals surface area contributed by atoms with Crippen molar-refractivity contribution in [3.05, 3.63) is 10.1 Å². The lowest BCUT2D eigenvalue weighted by Crippen LogP contribution is -2.65. The van der Waals surface area contributed by atoms with E-state index in [0.717, 1.165) is 0 Å². The van der Waals surface area contributed by atoms with Crippen molar-refractivity contribution in [2.75, 3.05) is 14.2 Å². The van der Waals surface area contributed by atoms with Gasteiger partial charge in [0.05, 0.1) is 21.4 Å². The molecule has 0 spiro atoms. The van der Waals surface area contributed by atoms with Crippen molar-refractivity contribution in [3.8, 4) is 0 Å². The summed E-state index contributed by atoms with van der Waals surface area (Å²) in [6.45, 7) is 4.82. The van der Waals surface area contributed by atoms with Gasteiger partial charge < -0.3 is 14.6 Å². The van der Waals surface area contributed by atoms with Crippen LogP contribution in [0.5, 0.6) is 0 Å². The number of carbonyl (C=O) groups excluding carboxylic acids is 2. The van der Waals surface area contributed by atoms with Gasteiger partial charge in [0.1, 0.15) is 21.1 Å². The summed E-state index contributed by atoms with van der Waals surface area (Å²) in [6, 6.07) is 0. The molecule has 26 heavy (non-hydrogen) atoms. The van der Waals surface area contributed by atoms with Gasteiger partial charge in [-0.25, -0.2) is 0 Å². The maximum absolute atomic E-state index is 13.4. The van der Waals surface area contributed by atoms with Gasteiger partial charge in [-0.1, -0.05) is 37.0 Å². The number of carbonyl (C=O) groups is 2. The molecular formula is C17H20Cl4O5. The lowest BCUT2D eigenvalue weighted by atomic mass is 9.55. The smallest absolute Gasteiger partial charge is 0.218 e. The van der Waals surface area contributed by atoms with Gasteiger partial charge in [0.2, 0.25) is 5.79 Å². The molecule has 0 unspecified atom stereocenters. The standard InChI is InChI=1S/C17H20Cl4O5/c1-7(2)14(24)6-8(22)13(3)9(12(14)23)15(20)10(18)11(19)16(13,21)17(15,25-4)26-5/h7,9,24H,6H2,1-5H3/t9-,13+,14-,15-,16-/m1/s1. The van der Waals surface area contributed by atoms with Crippen LogP contribution in [0.4, 0.5) is 0 Å². The summed E-state index contributed by atoms with van der Waals surface area (Å²) in [5.74, 6) is -4.74. The zero-order valence-electron chi connectivity index (χ0n) is 15.0. The number of ketones is 2. The van der Waals surface area contributed by atoms with E-state index in [1.54, 1.807) is 13.8 Å². The van der Waals surface area contributed by atoms with Gasteiger partial charge in [0.25, 0.3) is 0 Å². The highest BCUT2D eigenvalue weighted by Crippen LogP contribution is 2.79. The van der Waals surface area contributed by atoms with Gasteiger partial charge >= 0.3 is 0 Å². The van der Waals surface area contributed by atoms with E-state index in [1.165, 1.54) is 21.1 Å². The maximum Gasteiger partial charge on any atom is 0.218 e. The van der Waals surface area contributed by atoms with Crippen LogP contribution < -0.4 is 0 Å². The van der Waals surface area contributed by atoms with Crippen molar-refractivity contribution in [2.24, 2.45) is 17.3 Å². The van der Waals surface area contributed by atoms with Crippen LogP contribution in [0.15, 0.2) is 10.1 Å². The Morgan fingerprint density at radius 1 is 1.12 bits per heavy atom. The molecule has 2 fully saturated rings. The predicted molar refractivity (Wildman–Crippen MR) is 98.7 cm³/mol. The SMILES string of the molecule is COC1(OC)[C@]2(Cl)C(Cl)=C(Cl)[C@@]1(Cl)[C@@]1(C)C(=O)C[C@@](O)(C(C)C)C(=O)[C@H]12. The minimum atomic E-state index is -1.89. The monoisotopic (exact) mass is 444 g/mol. The molecule has 3 aliphatic carbocycles. The number of fused-ring (bicyclic) bond motifs is 5. The fraction of sp³-hybridized carbons (Fsp3) is 0.765. The summed E-state index contributed by atoms with van der Waals surface area (Å²) < 4.78 is 11.2. The van der Waals surface area contributed by atoms with E-state index < -0.39 is 56.4 Å². The van der Waals surface area contributed by atoms with Crippen molar-refractivity contribution < 1.29 is 24.2 Å². The summed E-state index contributed by atoms with van der Waals surface area (Å²) in [7, 11) is 2.59. The summed E-state index contributed by atoms with van der Waals surface area (Å²) in [5, 5.41) is 10.8. The Balaban J connectivity index is 2.42. The summed E-state index contributed by atoms with van der Waals surface area (Å²) in [4.78, 5) is 23.1. The Morgan fingerprint density at radius 2 is 1.62 bits per heavy atom. The second kappa shape index (κ2) is 5.59. The lowest BCUT2D eigenvalue weighted by Gasteiger charge is -2.51. The fourth-order valence-electron chi connectivity index (χ4n) is 5.05. The molecule has 0 aromatic carbocycles. The fourth-order valence-corrected chi connectivity index (χ4v) is 7.36. The average Bonchev–Trinajstić information content (AvgIpc) is 2.80. The Labute approximate surface area is 171 Å². The van der Waals surface area contributed by atoms with E-state index >= 15 is 0 Å². The van der Waals surface area contributed by atoms with Crippen LogP contribution in [0.2, 0.25) is 0 Å². The molecule has 3 aliphatic rings. The molecule has 5 nitrogen and oxygen atoms in total. The van der Waals surface area contributed by atoms with Crippen LogP contribution in [-0.4, -0.2) is 52.0 Å². The van der Waals surface area contributed by atoms with Gasteiger partial charge in [0.15, 0.2) is 5.78 Å². The van der Waals surface area contributed by atoms with Crippen molar-refractivity contribution in [1.82, 2.24) is 0 Å².